The van der Waals surface area contributed by atoms with Crippen molar-refractivity contribution in [2.45, 2.75) is 71.6 Å². The lowest BCUT2D eigenvalue weighted by molar-refractivity contribution is -0.0578. The fourth-order valence-corrected chi connectivity index (χ4v) is 3.35. The van der Waals surface area contributed by atoms with E-state index in [2.05, 4.69) is 39.9 Å². The van der Waals surface area contributed by atoms with Crippen molar-refractivity contribution in [1.29, 1.82) is 0 Å². The Hall–Kier alpha value is -1.69. The Morgan fingerprint density at radius 1 is 0.897 bits per heavy atom. The monoisotopic (exact) mass is 418 g/mol. The van der Waals surface area contributed by atoms with E-state index in [1.165, 1.54) is 6.07 Å². The smallest absolute Gasteiger partial charge is 0.192 e. The van der Waals surface area contributed by atoms with E-state index in [4.69, 9.17) is 13.9 Å². The summed E-state index contributed by atoms with van der Waals surface area (Å²) in [6.07, 6.45) is 0. The third-order valence-electron chi connectivity index (χ3n) is 5.47. The van der Waals surface area contributed by atoms with Crippen molar-refractivity contribution >= 4 is 8.32 Å². The van der Waals surface area contributed by atoms with Crippen molar-refractivity contribution in [3.05, 3.63) is 65.5 Å². The second-order valence-corrected chi connectivity index (χ2v) is 14.4. The van der Waals surface area contributed by atoms with Gasteiger partial charge in [0.15, 0.2) is 8.32 Å². The highest BCUT2D eigenvalue weighted by Crippen LogP contribution is 2.37. The summed E-state index contributed by atoms with van der Waals surface area (Å²) in [6, 6.07) is 14.6. The maximum atomic E-state index is 13.8. The van der Waals surface area contributed by atoms with Crippen LogP contribution >= 0.6 is 0 Å². The summed E-state index contributed by atoms with van der Waals surface area (Å²) in [5, 5.41) is 0.181. The molecule has 2 aromatic carbocycles. The zero-order valence-electron chi connectivity index (χ0n) is 18.8. The van der Waals surface area contributed by atoms with Crippen molar-refractivity contribution in [1.82, 2.24) is 0 Å². The third kappa shape index (κ3) is 7.25. The highest BCUT2D eigenvalue weighted by Gasteiger charge is 2.37. The van der Waals surface area contributed by atoms with Gasteiger partial charge in [-0.3, -0.25) is 0 Å². The number of ether oxygens (including phenoxy) is 2. The molecule has 0 saturated heterocycles. The molecular formula is C24H35FO3Si. The Balaban J connectivity index is 1.90. The van der Waals surface area contributed by atoms with Crippen LogP contribution in [0, 0.1) is 5.82 Å². The first-order valence-corrected chi connectivity index (χ1v) is 13.0. The molecule has 2 rings (SSSR count). The van der Waals surface area contributed by atoms with Crippen molar-refractivity contribution in [2.75, 3.05) is 6.61 Å². The molecule has 0 spiro atoms. The maximum absolute atomic E-state index is 13.8. The van der Waals surface area contributed by atoms with Gasteiger partial charge in [0.1, 0.15) is 18.2 Å². The number of halogens is 1. The van der Waals surface area contributed by atoms with E-state index in [1.54, 1.807) is 12.1 Å². The highest BCUT2D eigenvalue weighted by molar-refractivity contribution is 6.74. The second kappa shape index (κ2) is 9.41. The molecule has 0 N–H and O–H groups in total. The molecule has 0 aromatic heterocycles. The van der Waals surface area contributed by atoms with Gasteiger partial charge in [0, 0.05) is 5.56 Å². The molecule has 5 heteroatoms. The first kappa shape index (κ1) is 23.6. The molecule has 0 fully saturated rings. The average molecular weight is 419 g/mol. The zero-order valence-corrected chi connectivity index (χ0v) is 19.8. The standard InChI is InChI=1S/C24H35FO3Si/c1-23(2,3)29(6,7)28-16-19-11-10-13-21(15-19)26-18-24(4,5)27-17-20-12-8-9-14-22(20)25/h8-15H,16-18H2,1-7H3. The summed E-state index contributed by atoms with van der Waals surface area (Å²) in [6.45, 7) is 16.3. The van der Waals surface area contributed by atoms with Crippen LogP contribution in [0.15, 0.2) is 48.5 Å². The Kier molecular flexibility index (Phi) is 7.66. The van der Waals surface area contributed by atoms with E-state index in [0.29, 0.717) is 18.8 Å². The van der Waals surface area contributed by atoms with Crippen molar-refractivity contribution in [3.63, 3.8) is 0 Å². The van der Waals surface area contributed by atoms with Gasteiger partial charge in [0.25, 0.3) is 0 Å². The molecule has 0 aliphatic rings. The minimum absolute atomic E-state index is 0.181. The van der Waals surface area contributed by atoms with Gasteiger partial charge in [-0.15, -0.1) is 0 Å². The fourth-order valence-electron chi connectivity index (χ4n) is 2.39. The molecule has 0 saturated carbocycles. The summed E-state index contributed by atoms with van der Waals surface area (Å²) < 4.78 is 31.9. The Morgan fingerprint density at radius 2 is 1.59 bits per heavy atom. The van der Waals surface area contributed by atoms with Gasteiger partial charge in [-0.2, -0.15) is 0 Å². The Morgan fingerprint density at radius 3 is 2.24 bits per heavy atom. The molecule has 0 aliphatic heterocycles. The molecule has 0 atom stereocenters. The van der Waals surface area contributed by atoms with E-state index in [0.717, 1.165) is 11.3 Å². The SMILES string of the molecule is CC(C)(COc1cccc(CO[Si](C)(C)C(C)(C)C)c1)OCc1ccccc1F. The molecule has 3 nitrogen and oxygen atoms in total. The summed E-state index contributed by atoms with van der Waals surface area (Å²) in [4.78, 5) is 0. The molecular weight excluding hydrogens is 383 g/mol. The Labute approximate surface area is 176 Å². The predicted molar refractivity (Wildman–Crippen MR) is 119 cm³/mol. The lowest BCUT2D eigenvalue weighted by Gasteiger charge is -2.36. The third-order valence-corrected chi connectivity index (χ3v) is 9.95. The van der Waals surface area contributed by atoms with Crippen LogP contribution in [0.2, 0.25) is 18.1 Å². The van der Waals surface area contributed by atoms with Crippen LogP contribution in [0.25, 0.3) is 0 Å². The number of hydrogen-bond donors (Lipinski definition) is 0. The van der Waals surface area contributed by atoms with Gasteiger partial charge >= 0.3 is 0 Å². The molecule has 0 aliphatic carbocycles. The summed E-state index contributed by atoms with van der Waals surface area (Å²) in [5.74, 6) is 0.530. The topological polar surface area (TPSA) is 27.7 Å². The van der Waals surface area contributed by atoms with Crippen LogP contribution in [-0.4, -0.2) is 20.5 Å². The molecule has 0 heterocycles. The van der Waals surface area contributed by atoms with Crippen molar-refractivity contribution < 1.29 is 18.3 Å². The van der Waals surface area contributed by atoms with Crippen LogP contribution in [0.4, 0.5) is 4.39 Å². The first-order valence-electron chi connectivity index (χ1n) is 10.1. The predicted octanol–water partition coefficient (Wildman–Crippen LogP) is 6.72. The fraction of sp³-hybridized carbons (Fsp3) is 0.500. The van der Waals surface area contributed by atoms with Crippen LogP contribution in [0.5, 0.6) is 5.75 Å². The Bertz CT molecular complexity index is 797. The molecule has 0 unspecified atom stereocenters. The number of hydrogen-bond acceptors (Lipinski definition) is 3. The minimum Gasteiger partial charge on any atom is -0.491 e. The molecule has 0 amide bonds. The number of benzene rings is 2. The molecule has 0 radical (unpaired) electrons. The zero-order chi connectivity index (χ0) is 21.7. The lowest BCUT2D eigenvalue weighted by atomic mass is 10.1. The summed E-state index contributed by atoms with van der Waals surface area (Å²) in [7, 11) is -1.79. The largest absolute Gasteiger partial charge is 0.491 e. The van der Waals surface area contributed by atoms with E-state index in [-0.39, 0.29) is 17.5 Å². The van der Waals surface area contributed by atoms with E-state index in [1.807, 2.05) is 38.1 Å². The molecule has 2 aromatic rings. The normalized spacial score (nSPS) is 12.8. The van der Waals surface area contributed by atoms with Gasteiger partial charge in [0.2, 0.25) is 0 Å². The number of rotatable bonds is 9. The second-order valence-electron chi connectivity index (χ2n) is 9.62. The van der Waals surface area contributed by atoms with Crippen LogP contribution in [0.1, 0.15) is 45.7 Å². The van der Waals surface area contributed by atoms with Crippen LogP contribution in [-0.2, 0) is 22.4 Å². The quantitative estimate of drug-likeness (QED) is 0.423. The average Bonchev–Trinajstić information content (AvgIpc) is 2.64. The minimum atomic E-state index is -1.79. The summed E-state index contributed by atoms with van der Waals surface area (Å²) in [5.41, 5.74) is 1.10. The molecule has 160 valence electrons. The lowest BCUT2D eigenvalue weighted by Crippen LogP contribution is -2.40. The van der Waals surface area contributed by atoms with E-state index >= 15 is 0 Å². The summed E-state index contributed by atoms with van der Waals surface area (Å²) >= 11 is 0. The van der Waals surface area contributed by atoms with Gasteiger partial charge in [-0.25, -0.2) is 4.39 Å². The maximum Gasteiger partial charge on any atom is 0.192 e. The van der Waals surface area contributed by atoms with Crippen LogP contribution in [0.3, 0.4) is 0 Å². The van der Waals surface area contributed by atoms with Crippen molar-refractivity contribution in [2.24, 2.45) is 0 Å². The first-order chi connectivity index (χ1) is 13.4. The van der Waals surface area contributed by atoms with Crippen LogP contribution < -0.4 is 4.74 Å². The van der Waals surface area contributed by atoms with Gasteiger partial charge < -0.3 is 13.9 Å². The van der Waals surface area contributed by atoms with Gasteiger partial charge in [-0.05, 0) is 55.7 Å². The van der Waals surface area contributed by atoms with Crippen molar-refractivity contribution in [3.8, 4) is 5.75 Å². The van der Waals surface area contributed by atoms with E-state index in [9.17, 15) is 4.39 Å². The van der Waals surface area contributed by atoms with E-state index < -0.39 is 13.9 Å². The van der Waals surface area contributed by atoms with Gasteiger partial charge in [0.05, 0.1) is 18.8 Å². The van der Waals surface area contributed by atoms with Gasteiger partial charge in [-0.1, -0.05) is 51.1 Å². The molecule has 0 bridgehead atoms. The highest BCUT2D eigenvalue weighted by atomic mass is 28.4. The molecule has 29 heavy (non-hydrogen) atoms.